The Kier molecular flexibility index (Phi) is 9.65. The molecule has 19 heavy (non-hydrogen) atoms. The summed E-state index contributed by atoms with van der Waals surface area (Å²) < 4.78 is 1.78. The fourth-order valence-electron chi connectivity index (χ4n) is 2.09. The lowest BCUT2D eigenvalue weighted by Crippen LogP contribution is -2.38. The molecule has 1 aromatic heterocycles. The average Bonchev–Trinajstić information content (AvgIpc) is 2.88. The van der Waals surface area contributed by atoms with Gasteiger partial charge in [0.2, 0.25) is 5.91 Å². The van der Waals surface area contributed by atoms with Gasteiger partial charge in [0.15, 0.2) is 0 Å². The van der Waals surface area contributed by atoms with E-state index in [4.69, 9.17) is 0 Å². The summed E-state index contributed by atoms with van der Waals surface area (Å²) in [7, 11) is 0. The summed E-state index contributed by atoms with van der Waals surface area (Å²) in [6.07, 6.45) is 6.53. The lowest BCUT2D eigenvalue weighted by atomic mass is 10.00. The molecule has 0 saturated carbocycles. The Balaban J connectivity index is 0.00000162. The minimum atomic E-state index is 0. The van der Waals surface area contributed by atoms with Gasteiger partial charge < -0.3 is 10.6 Å². The van der Waals surface area contributed by atoms with Gasteiger partial charge in [-0.15, -0.1) is 24.8 Å². The molecule has 1 saturated heterocycles. The SMILES string of the molecule is Cl.Cl.O=C(CCn1cccn1)NCC1CCCNC1. The summed E-state index contributed by atoms with van der Waals surface area (Å²) in [5.74, 6) is 0.712. The van der Waals surface area contributed by atoms with Crippen molar-refractivity contribution >= 4 is 30.7 Å². The normalized spacial score (nSPS) is 18.0. The topological polar surface area (TPSA) is 59.0 Å². The molecule has 1 atom stereocenters. The molecule has 1 fully saturated rings. The summed E-state index contributed by atoms with van der Waals surface area (Å²) in [5.41, 5.74) is 0. The van der Waals surface area contributed by atoms with E-state index in [0.29, 0.717) is 18.9 Å². The van der Waals surface area contributed by atoms with E-state index in [2.05, 4.69) is 15.7 Å². The standard InChI is InChI=1S/C12H20N4O.2ClH/c17-12(4-8-16-7-2-6-15-16)14-10-11-3-1-5-13-9-11;;/h2,6-7,11,13H,1,3-5,8-10H2,(H,14,17);2*1H. The molecule has 0 aromatic carbocycles. The van der Waals surface area contributed by atoms with Crippen LogP contribution < -0.4 is 10.6 Å². The summed E-state index contributed by atoms with van der Waals surface area (Å²) in [5, 5.41) is 10.4. The molecule has 1 unspecified atom stereocenters. The van der Waals surface area contributed by atoms with E-state index in [1.807, 2.05) is 12.3 Å². The Morgan fingerprint density at radius 1 is 1.47 bits per heavy atom. The zero-order valence-corrected chi connectivity index (χ0v) is 12.5. The highest BCUT2D eigenvalue weighted by Crippen LogP contribution is 2.08. The number of nitrogens with zero attached hydrogens (tertiary/aromatic N) is 2. The van der Waals surface area contributed by atoms with Gasteiger partial charge in [-0.2, -0.15) is 5.10 Å². The predicted octanol–water partition coefficient (Wildman–Crippen LogP) is 1.23. The predicted molar refractivity (Wildman–Crippen MR) is 79.9 cm³/mol. The van der Waals surface area contributed by atoms with Crippen molar-refractivity contribution < 1.29 is 4.79 Å². The van der Waals surface area contributed by atoms with E-state index in [1.165, 1.54) is 12.8 Å². The Morgan fingerprint density at radius 2 is 2.32 bits per heavy atom. The van der Waals surface area contributed by atoms with Gasteiger partial charge in [-0.1, -0.05) is 0 Å². The van der Waals surface area contributed by atoms with Crippen molar-refractivity contribution in [3.8, 4) is 0 Å². The van der Waals surface area contributed by atoms with Crippen LogP contribution >= 0.6 is 24.8 Å². The van der Waals surface area contributed by atoms with Gasteiger partial charge in [0.25, 0.3) is 0 Å². The van der Waals surface area contributed by atoms with Gasteiger partial charge in [-0.3, -0.25) is 9.48 Å². The first-order valence-corrected chi connectivity index (χ1v) is 6.29. The second-order valence-electron chi connectivity index (χ2n) is 4.54. The highest BCUT2D eigenvalue weighted by atomic mass is 35.5. The first kappa shape index (κ1) is 18.2. The van der Waals surface area contributed by atoms with Gasteiger partial charge in [0.1, 0.15) is 0 Å². The molecule has 0 bridgehead atoms. The maximum Gasteiger partial charge on any atom is 0.221 e. The highest BCUT2D eigenvalue weighted by Gasteiger charge is 2.13. The molecule has 1 aliphatic heterocycles. The van der Waals surface area contributed by atoms with Crippen LogP contribution in [0.5, 0.6) is 0 Å². The number of rotatable bonds is 5. The van der Waals surface area contributed by atoms with E-state index >= 15 is 0 Å². The minimum Gasteiger partial charge on any atom is -0.356 e. The van der Waals surface area contributed by atoms with Gasteiger partial charge in [0, 0.05) is 31.9 Å². The summed E-state index contributed by atoms with van der Waals surface area (Å²) in [6, 6.07) is 1.87. The number of carbonyl (C=O) groups is 1. The lowest BCUT2D eigenvalue weighted by molar-refractivity contribution is -0.121. The smallest absolute Gasteiger partial charge is 0.221 e. The largest absolute Gasteiger partial charge is 0.356 e. The fraction of sp³-hybridized carbons (Fsp3) is 0.667. The van der Waals surface area contributed by atoms with Crippen LogP contribution in [0.4, 0.5) is 0 Å². The van der Waals surface area contributed by atoms with Gasteiger partial charge in [-0.25, -0.2) is 0 Å². The molecule has 2 heterocycles. The quantitative estimate of drug-likeness (QED) is 0.860. The Morgan fingerprint density at radius 3 is 2.95 bits per heavy atom. The maximum atomic E-state index is 11.6. The number of halogens is 2. The van der Waals surface area contributed by atoms with Crippen LogP contribution in [0.25, 0.3) is 0 Å². The highest BCUT2D eigenvalue weighted by molar-refractivity contribution is 5.85. The van der Waals surface area contributed by atoms with Gasteiger partial charge in [0.05, 0.1) is 0 Å². The van der Waals surface area contributed by atoms with Crippen molar-refractivity contribution in [1.82, 2.24) is 20.4 Å². The molecule has 0 spiro atoms. The van der Waals surface area contributed by atoms with E-state index in [1.54, 1.807) is 10.9 Å². The van der Waals surface area contributed by atoms with Crippen molar-refractivity contribution in [1.29, 1.82) is 0 Å². The molecule has 1 aromatic rings. The monoisotopic (exact) mass is 308 g/mol. The number of hydrogen-bond acceptors (Lipinski definition) is 3. The van der Waals surface area contributed by atoms with E-state index in [-0.39, 0.29) is 30.7 Å². The minimum absolute atomic E-state index is 0. The molecule has 1 amide bonds. The average molecular weight is 309 g/mol. The van der Waals surface area contributed by atoms with Crippen LogP contribution in [-0.4, -0.2) is 35.3 Å². The fourth-order valence-corrected chi connectivity index (χ4v) is 2.09. The van der Waals surface area contributed by atoms with Gasteiger partial charge >= 0.3 is 0 Å². The zero-order valence-electron chi connectivity index (χ0n) is 10.9. The molecular formula is C12H22Cl2N4O. The molecule has 1 aliphatic rings. The molecule has 7 heteroatoms. The first-order chi connectivity index (χ1) is 8.34. The van der Waals surface area contributed by atoms with Crippen LogP contribution in [0.15, 0.2) is 18.5 Å². The van der Waals surface area contributed by atoms with Gasteiger partial charge in [-0.05, 0) is 37.9 Å². The third-order valence-corrected chi connectivity index (χ3v) is 3.11. The Hall–Kier alpha value is -0.780. The van der Waals surface area contributed by atoms with E-state index in [9.17, 15) is 4.79 Å². The van der Waals surface area contributed by atoms with E-state index < -0.39 is 0 Å². The third-order valence-electron chi connectivity index (χ3n) is 3.11. The van der Waals surface area contributed by atoms with E-state index in [0.717, 1.165) is 19.6 Å². The summed E-state index contributed by atoms with van der Waals surface area (Å²) >= 11 is 0. The molecule has 5 nitrogen and oxygen atoms in total. The molecule has 110 valence electrons. The molecule has 0 aliphatic carbocycles. The number of carbonyl (C=O) groups excluding carboxylic acids is 1. The Labute approximate surface area is 126 Å². The first-order valence-electron chi connectivity index (χ1n) is 6.29. The van der Waals surface area contributed by atoms with Crippen LogP contribution in [0.1, 0.15) is 19.3 Å². The van der Waals surface area contributed by atoms with Crippen molar-refractivity contribution in [2.24, 2.45) is 5.92 Å². The summed E-state index contributed by atoms with van der Waals surface area (Å²) in [4.78, 5) is 11.6. The molecule has 2 rings (SSSR count). The van der Waals surface area contributed by atoms with Crippen molar-refractivity contribution in [2.75, 3.05) is 19.6 Å². The van der Waals surface area contributed by atoms with Crippen molar-refractivity contribution in [3.63, 3.8) is 0 Å². The number of aryl methyl sites for hydroxylation is 1. The number of nitrogens with one attached hydrogen (secondary N) is 2. The lowest BCUT2D eigenvalue weighted by Gasteiger charge is -2.22. The number of hydrogen-bond donors (Lipinski definition) is 2. The van der Waals surface area contributed by atoms with Crippen LogP contribution in [0, 0.1) is 5.92 Å². The number of amides is 1. The second kappa shape index (κ2) is 10.1. The second-order valence-corrected chi connectivity index (χ2v) is 4.54. The number of piperidine rings is 1. The molecular weight excluding hydrogens is 287 g/mol. The van der Waals surface area contributed by atoms with Crippen LogP contribution in [-0.2, 0) is 11.3 Å². The van der Waals surface area contributed by atoms with Crippen LogP contribution in [0.3, 0.4) is 0 Å². The molecule has 2 N–H and O–H groups in total. The summed E-state index contributed by atoms with van der Waals surface area (Å²) in [6.45, 7) is 3.59. The molecule has 0 radical (unpaired) electrons. The van der Waals surface area contributed by atoms with Crippen molar-refractivity contribution in [2.45, 2.75) is 25.8 Å². The zero-order chi connectivity index (χ0) is 11.9. The third kappa shape index (κ3) is 6.80. The van der Waals surface area contributed by atoms with Crippen molar-refractivity contribution in [3.05, 3.63) is 18.5 Å². The number of aromatic nitrogens is 2. The maximum absolute atomic E-state index is 11.6. The Bertz CT molecular complexity index is 340. The van der Waals surface area contributed by atoms with Crippen LogP contribution in [0.2, 0.25) is 0 Å².